The Morgan fingerprint density at radius 3 is 2.19 bits per heavy atom. The fourth-order valence-corrected chi connectivity index (χ4v) is 3.64. The third-order valence-electron chi connectivity index (χ3n) is 3.53. The van der Waals surface area contributed by atoms with E-state index in [4.69, 9.17) is 4.98 Å². The Balaban J connectivity index is 2.76. The van der Waals surface area contributed by atoms with Crippen LogP contribution >= 0.6 is 22.6 Å². The van der Waals surface area contributed by atoms with Gasteiger partial charge in [-0.2, -0.15) is 5.10 Å². The molecular formula is C15H22IN5. The predicted molar refractivity (Wildman–Crippen MR) is 94.7 cm³/mol. The van der Waals surface area contributed by atoms with Gasteiger partial charge in [-0.05, 0) is 36.4 Å². The van der Waals surface area contributed by atoms with E-state index in [0.717, 1.165) is 37.9 Å². The summed E-state index contributed by atoms with van der Waals surface area (Å²) in [5.41, 5.74) is 4.08. The molecule has 0 saturated carbocycles. The molecule has 2 aromatic rings. The Hall–Kier alpha value is -1.18. The molecule has 0 amide bonds. The van der Waals surface area contributed by atoms with Gasteiger partial charge in [0.1, 0.15) is 5.82 Å². The van der Waals surface area contributed by atoms with Crippen LogP contribution in [0.5, 0.6) is 0 Å². The Bertz CT molecular complexity index is 682. The largest absolute Gasteiger partial charge is 0.372 e. The molecule has 0 aliphatic rings. The lowest BCUT2D eigenvalue weighted by Gasteiger charge is -2.21. The predicted octanol–water partition coefficient (Wildman–Crippen LogP) is 3.44. The Labute approximate surface area is 139 Å². The fraction of sp³-hybridized carbons (Fsp3) is 0.533. The molecule has 2 rings (SSSR count). The SMILES string of the molecule is CNc1nc(-c2c(C)nn(C)c2C)nc(C(C)(C)C)c1I. The average molecular weight is 399 g/mol. The van der Waals surface area contributed by atoms with E-state index in [9.17, 15) is 0 Å². The number of aromatic nitrogens is 4. The highest BCUT2D eigenvalue weighted by Crippen LogP contribution is 2.33. The molecule has 2 aromatic heterocycles. The van der Waals surface area contributed by atoms with Crippen LogP contribution in [0.15, 0.2) is 0 Å². The van der Waals surface area contributed by atoms with E-state index in [1.807, 2.05) is 32.6 Å². The van der Waals surface area contributed by atoms with Gasteiger partial charge < -0.3 is 5.32 Å². The second-order valence-electron chi connectivity index (χ2n) is 6.23. The van der Waals surface area contributed by atoms with Crippen LogP contribution in [-0.4, -0.2) is 26.8 Å². The average Bonchev–Trinajstić information content (AvgIpc) is 2.63. The molecule has 2 heterocycles. The number of halogens is 1. The third-order valence-corrected chi connectivity index (χ3v) is 4.55. The van der Waals surface area contributed by atoms with Crippen LogP contribution < -0.4 is 5.32 Å². The van der Waals surface area contributed by atoms with E-state index in [-0.39, 0.29) is 5.41 Å². The molecule has 0 fully saturated rings. The van der Waals surface area contributed by atoms with Gasteiger partial charge in [-0.1, -0.05) is 20.8 Å². The molecule has 6 heteroatoms. The standard InChI is InChI=1S/C15H22IN5/c1-8-10(9(2)21(7)20-8)13-18-12(15(3,4)5)11(16)14(17-6)19-13/h1-7H3,(H,17,18,19). The van der Waals surface area contributed by atoms with E-state index in [2.05, 4.69) is 58.8 Å². The van der Waals surface area contributed by atoms with Gasteiger partial charge in [0.25, 0.3) is 0 Å². The van der Waals surface area contributed by atoms with Crippen LogP contribution in [0.1, 0.15) is 37.9 Å². The number of anilines is 1. The first-order chi connectivity index (χ1) is 9.66. The molecule has 0 saturated heterocycles. The van der Waals surface area contributed by atoms with Gasteiger partial charge in [0, 0.05) is 25.2 Å². The van der Waals surface area contributed by atoms with Crippen LogP contribution in [0.2, 0.25) is 0 Å². The number of nitrogens with zero attached hydrogens (tertiary/aromatic N) is 4. The molecular weight excluding hydrogens is 377 g/mol. The molecule has 0 radical (unpaired) electrons. The zero-order valence-electron chi connectivity index (χ0n) is 13.7. The number of aryl methyl sites for hydroxylation is 2. The summed E-state index contributed by atoms with van der Waals surface area (Å²) >= 11 is 2.32. The molecule has 1 N–H and O–H groups in total. The molecule has 0 aliphatic heterocycles. The topological polar surface area (TPSA) is 55.6 Å². The summed E-state index contributed by atoms with van der Waals surface area (Å²) in [4.78, 5) is 9.53. The molecule has 0 unspecified atom stereocenters. The number of hydrogen-bond donors (Lipinski definition) is 1. The van der Waals surface area contributed by atoms with Crippen LogP contribution in [-0.2, 0) is 12.5 Å². The van der Waals surface area contributed by atoms with Crippen molar-refractivity contribution in [3.05, 3.63) is 20.7 Å². The van der Waals surface area contributed by atoms with Crippen molar-refractivity contribution >= 4 is 28.4 Å². The second kappa shape index (κ2) is 5.55. The van der Waals surface area contributed by atoms with Crippen LogP contribution in [0.3, 0.4) is 0 Å². The number of rotatable bonds is 2. The minimum atomic E-state index is -0.0379. The molecule has 0 aliphatic carbocycles. The van der Waals surface area contributed by atoms with E-state index < -0.39 is 0 Å². The molecule has 0 spiro atoms. The van der Waals surface area contributed by atoms with E-state index in [1.165, 1.54) is 0 Å². The summed E-state index contributed by atoms with van der Waals surface area (Å²) in [6.07, 6.45) is 0. The molecule has 114 valence electrons. The smallest absolute Gasteiger partial charge is 0.165 e. The van der Waals surface area contributed by atoms with Crippen LogP contribution in [0.4, 0.5) is 5.82 Å². The summed E-state index contributed by atoms with van der Waals surface area (Å²) in [5, 5.41) is 7.65. The Morgan fingerprint density at radius 2 is 1.76 bits per heavy atom. The molecule has 0 bridgehead atoms. The zero-order valence-corrected chi connectivity index (χ0v) is 15.8. The first-order valence-corrected chi connectivity index (χ1v) is 8.01. The quantitative estimate of drug-likeness (QED) is 0.787. The Kier molecular flexibility index (Phi) is 4.28. The summed E-state index contributed by atoms with van der Waals surface area (Å²) in [6, 6.07) is 0. The van der Waals surface area contributed by atoms with Crippen LogP contribution in [0.25, 0.3) is 11.4 Å². The maximum atomic E-state index is 4.85. The highest BCUT2D eigenvalue weighted by atomic mass is 127. The fourth-order valence-electron chi connectivity index (χ4n) is 2.32. The lowest BCUT2D eigenvalue weighted by atomic mass is 9.91. The van der Waals surface area contributed by atoms with Gasteiger partial charge in [0.15, 0.2) is 5.82 Å². The number of nitrogens with one attached hydrogen (secondary N) is 1. The number of hydrogen-bond acceptors (Lipinski definition) is 4. The van der Waals surface area contributed by atoms with Crippen molar-refractivity contribution in [1.29, 1.82) is 0 Å². The molecule has 5 nitrogen and oxygen atoms in total. The van der Waals surface area contributed by atoms with E-state index in [1.54, 1.807) is 0 Å². The van der Waals surface area contributed by atoms with Crippen molar-refractivity contribution in [2.45, 2.75) is 40.0 Å². The molecule has 21 heavy (non-hydrogen) atoms. The maximum Gasteiger partial charge on any atom is 0.165 e. The Morgan fingerprint density at radius 1 is 1.14 bits per heavy atom. The van der Waals surface area contributed by atoms with Gasteiger partial charge in [0.05, 0.1) is 20.5 Å². The highest BCUT2D eigenvalue weighted by molar-refractivity contribution is 14.1. The van der Waals surface area contributed by atoms with Gasteiger partial charge in [0.2, 0.25) is 0 Å². The molecule has 0 aromatic carbocycles. The normalized spacial score (nSPS) is 11.8. The van der Waals surface area contributed by atoms with Crippen molar-refractivity contribution in [2.75, 3.05) is 12.4 Å². The van der Waals surface area contributed by atoms with Gasteiger partial charge in [-0.3, -0.25) is 4.68 Å². The third kappa shape index (κ3) is 2.90. The summed E-state index contributed by atoms with van der Waals surface area (Å²) in [7, 11) is 3.84. The zero-order chi connectivity index (χ0) is 15.9. The monoisotopic (exact) mass is 399 g/mol. The van der Waals surface area contributed by atoms with Crippen molar-refractivity contribution in [2.24, 2.45) is 7.05 Å². The maximum absolute atomic E-state index is 4.85. The summed E-state index contributed by atoms with van der Waals surface area (Å²) < 4.78 is 2.95. The first kappa shape index (κ1) is 16.2. The highest BCUT2D eigenvalue weighted by Gasteiger charge is 2.25. The van der Waals surface area contributed by atoms with Crippen molar-refractivity contribution in [3.63, 3.8) is 0 Å². The molecule has 0 atom stereocenters. The minimum Gasteiger partial charge on any atom is -0.372 e. The van der Waals surface area contributed by atoms with Crippen molar-refractivity contribution < 1.29 is 0 Å². The van der Waals surface area contributed by atoms with E-state index in [0.29, 0.717) is 0 Å². The second-order valence-corrected chi connectivity index (χ2v) is 7.31. The van der Waals surface area contributed by atoms with Gasteiger partial charge in [-0.15, -0.1) is 0 Å². The van der Waals surface area contributed by atoms with Crippen molar-refractivity contribution in [1.82, 2.24) is 19.7 Å². The lowest BCUT2D eigenvalue weighted by molar-refractivity contribution is 0.564. The van der Waals surface area contributed by atoms with Gasteiger partial charge in [-0.25, -0.2) is 9.97 Å². The lowest BCUT2D eigenvalue weighted by Crippen LogP contribution is -2.18. The van der Waals surface area contributed by atoms with Gasteiger partial charge >= 0.3 is 0 Å². The van der Waals surface area contributed by atoms with Crippen molar-refractivity contribution in [3.8, 4) is 11.4 Å². The summed E-state index contributed by atoms with van der Waals surface area (Å²) in [5.74, 6) is 1.61. The van der Waals surface area contributed by atoms with E-state index >= 15 is 0 Å². The minimum absolute atomic E-state index is 0.0379. The summed E-state index contributed by atoms with van der Waals surface area (Å²) in [6.45, 7) is 10.6. The van der Waals surface area contributed by atoms with Crippen LogP contribution in [0, 0.1) is 17.4 Å². The first-order valence-electron chi connectivity index (χ1n) is 6.93.